The van der Waals surface area contributed by atoms with Gasteiger partial charge in [0.1, 0.15) is 31.0 Å². The van der Waals surface area contributed by atoms with Crippen molar-refractivity contribution in [2.24, 2.45) is 0 Å². The van der Waals surface area contributed by atoms with E-state index in [0.29, 0.717) is 11.4 Å². The number of carbonyl (C=O) groups is 1. The molecule has 5 nitrogen and oxygen atoms in total. The molecule has 0 spiro atoms. The van der Waals surface area contributed by atoms with Crippen LogP contribution in [0.3, 0.4) is 0 Å². The maximum absolute atomic E-state index is 13.4. The van der Waals surface area contributed by atoms with Crippen LogP contribution in [0.2, 0.25) is 0 Å². The Hall–Kier alpha value is -2.37. The molecule has 1 aliphatic heterocycles. The van der Waals surface area contributed by atoms with Crippen LogP contribution in [0.15, 0.2) is 48.5 Å². The number of morpholine rings is 1. The second-order valence-corrected chi connectivity index (χ2v) is 7.36. The summed E-state index contributed by atoms with van der Waals surface area (Å²) in [5.41, 5.74) is 2.79. The summed E-state index contributed by atoms with van der Waals surface area (Å²) >= 11 is 0. The number of hydrogen-bond donors (Lipinski definition) is 2. The van der Waals surface area contributed by atoms with E-state index < -0.39 is 0 Å². The number of ether oxygens (including phenoxy) is 2. The minimum absolute atomic E-state index is 0.0265. The van der Waals surface area contributed by atoms with E-state index in [9.17, 15) is 4.79 Å². The topological polar surface area (TPSA) is 52.0 Å². The van der Waals surface area contributed by atoms with Gasteiger partial charge in [-0.05, 0) is 38.5 Å². The molecule has 0 unspecified atom stereocenters. The first-order chi connectivity index (χ1) is 13.0. The van der Waals surface area contributed by atoms with Crippen LogP contribution in [0.4, 0.5) is 5.69 Å². The summed E-state index contributed by atoms with van der Waals surface area (Å²) in [5, 5.41) is 3.10. The molecule has 1 saturated heterocycles. The van der Waals surface area contributed by atoms with Gasteiger partial charge in [0.15, 0.2) is 6.04 Å². The van der Waals surface area contributed by atoms with E-state index in [0.717, 1.165) is 24.2 Å². The third-order valence-electron chi connectivity index (χ3n) is 4.98. The number of quaternary nitrogens is 1. The first kappa shape index (κ1) is 19.4. The number of carbonyl (C=O) groups excluding carboxylic acids is 1. The van der Waals surface area contributed by atoms with Crippen molar-refractivity contribution in [2.75, 3.05) is 25.5 Å². The molecule has 0 aliphatic carbocycles. The van der Waals surface area contributed by atoms with Gasteiger partial charge in [-0.1, -0.05) is 36.4 Å². The molecule has 144 valence electrons. The Bertz CT molecular complexity index is 768. The van der Waals surface area contributed by atoms with Crippen molar-refractivity contribution in [3.63, 3.8) is 0 Å². The highest BCUT2D eigenvalue weighted by Crippen LogP contribution is 2.26. The average Bonchev–Trinajstić information content (AvgIpc) is 2.62. The van der Waals surface area contributed by atoms with Crippen LogP contribution in [0.5, 0.6) is 5.75 Å². The average molecular weight is 369 g/mol. The van der Waals surface area contributed by atoms with Gasteiger partial charge in [-0.3, -0.25) is 4.79 Å². The lowest BCUT2D eigenvalue weighted by Crippen LogP contribution is -3.16. The van der Waals surface area contributed by atoms with E-state index in [4.69, 9.17) is 9.47 Å². The molecule has 3 atom stereocenters. The molecule has 0 bridgehead atoms. The molecule has 1 heterocycles. The summed E-state index contributed by atoms with van der Waals surface area (Å²) in [6, 6.07) is 15.5. The third-order valence-corrected chi connectivity index (χ3v) is 4.98. The van der Waals surface area contributed by atoms with Crippen molar-refractivity contribution in [3.8, 4) is 5.75 Å². The van der Waals surface area contributed by atoms with Gasteiger partial charge < -0.3 is 19.7 Å². The van der Waals surface area contributed by atoms with Crippen molar-refractivity contribution in [2.45, 2.75) is 39.0 Å². The number of amides is 1. The highest BCUT2D eigenvalue weighted by molar-refractivity contribution is 5.96. The minimum atomic E-state index is -0.301. The molecule has 0 saturated carbocycles. The number of anilines is 1. The zero-order chi connectivity index (χ0) is 19.4. The molecule has 3 rings (SSSR count). The summed E-state index contributed by atoms with van der Waals surface area (Å²) in [4.78, 5) is 14.6. The molecule has 0 aromatic heterocycles. The number of nitrogens with one attached hydrogen (secondary N) is 2. The molecule has 1 fully saturated rings. The van der Waals surface area contributed by atoms with E-state index in [2.05, 4.69) is 19.2 Å². The van der Waals surface area contributed by atoms with E-state index in [1.54, 1.807) is 7.11 Å². The van der Waals surface area contributed by atoms with Gasteiger partial charge in [-0.2, -0.15) is 0 Å². The Morgan fingerprint density at radius 3 is 2.44 bits per heavy atom. The number of hydrogen-bond acceptors (Lipinski definition) is 3. The smallest absolute Gasteiger partial charge is 0.287 e. The third kappa shape index (κ3) is 4.67. The summed E-state index contributed by atoms with van der Waals surface area (Å²) in [6.07, 6.45) is 0.243. The predicted molar refractivity (Wildman–Crippen MR) is 106 cm³/mol. The highest BCUT2D eigenvalue weighted by atomic mass is 16.5. The molecule has 0 radical (unpaired) electrons. The summed E-state index contributed by atoms with van der Waals surface area (Å²) in [7, 11) is 1.62. The van der Waals surface area contributed by atoms with Crippen LogP contribution in [-0.2, 0) is 9.53 Å². The largest absolute Gasteiger partial charge is 0.495 e. The van der Waals surface area contributed by atoms with Crippen molar-refractivity contribution in [1.29, 1.82) is 0 Å². The first-order valence-corrected chi connectivity index (χ1v) is 9.48. The van der Waals surface area contributed by atoms with Crippen LogP contribution in [0.25, 0.3) is 0 Å². The highest BCUT2D eigenvalue weighted by Gasteiger charge is 2.37. The van der Waals surface area contributed by atoms with Gasteiger partial charge in [0.05, 0.1) is 12.8 Å². The Balaban J connectivity index is 1.91. The summed E-state index contributed by atoms with van der Waals surface area (Å²) in [6.45, 7) is 7.73. The lowest BCUT2D eigenvalue weighted by molar-refractivity contribution is -0.935. The maximum Gasteiger partial charge on any atom is 0.287 e. The molecule has 1 aliphatic rings. The zero-order valence-corrected chi connectivity index (χ0v) is 16.5. The second-order valence-electron chi connectivity index (χ2n) is 7.36. The maximum atomic E-state index is 13.4. The molecule has 1 amide bonds. The van der Waals surface area contributed by atoms with Gasteiger partial charge in [0.25, 0.3) is 5.91 Å². The van der Waals surface area contributed by atoms with Crippen LogP contribution < -0.4 is 15.0 Å². The lowest BCUT2D eigenvalue weighted by atomic mass is 10.0. The number of benzene rings is 2. The van der Waals surface area contributed by atoms with Gasteiger partial charge in [-0.25, -0.2) is 0 Å². The zero-order valence-electron chi connectivity index (χ0n) is 16.5. The van der Waals surface area contributed by atoms with Crippen molar-refractivity contribution in [1.82, 2.24) is 0 Å². The summed E-state index contributed by atoms with van der Waals surface area (Å²) in [5.74, 6) is 0.640. The van der Waals surface area contributed by atoms with Crippen LogP contribution in [0.1, 0.15) is 31.0 Å². The standard InChI is InChI=1S/C22H28N2O3/c1-15-10-11-20(26-4)19(12-15)23-22(25)21(18-8-6-5-7-9-18)24-13-16(2)27-17(3)14-24/h5-12,16-17,21H,13-14H2,1-4H3,(H,23,25)/p+1/t16-,17-,21-/m1/s1. The van der Waals surface area contributed by atoms with E-state index in [-0.39, 0.29) is 24.2 Å². The molecule has 2 N–H and O–H groups in total. The van der Waals surface area contributed by atoms with Gasteiger partial charge in [0.2, 0.25) is 0 Å². The Morgan fingerprint density at radius 1 is 1.15 bits per heavy atom. The van der Waals surface area contributed by atoms with Crippen molar-refractivity contribution in [3.05, 3.63) is 59.7 Å². The molecule has 5 heteroatoms. The minimum Gasteiger partial charge on any atom is -0.495 e. The van der Waals surface area contributed by atoms with Crippen LogP contribution in [-0.4, -0.2) is 38.3 Å². The SMILES string of the molecule is COc1ccc(C)cc1NC(=O)[C@@H](c1ccccc1)[NH+]1C[C@@H](C)O[C@H](C)C1. The van der Waals surface area contributed by atoms with Crippen LogP contribution >= 0.6 is 0 Å². The molecular weight excluding hydrogens is 340 g/mol. The van der Waals surface area contributed by atoms with E-state index >= 15 is 0 Å². The van der Waals surface area contributed by atoms with E-state index in [1.807, 2.05) is 55.5 Å². The monoisotopic (exact) mass is 369 g/mol. The number of rotatable bonds is 5. The fourth-order valence-corrected chi connectivity index (χ4v) is 3.89. The fourth-order valence-electron chi connectivity index (χ4n) is 3.89. The van der Waals surface area contributed by atoms with Gasteiger partial charge in [-0.15, -0.1) is 0 Å². The molecular formula is C22H29N2O3+. The van der Waals surface area contributed by atoms with E-state index in [1.165, 1.54) is 4.90 Å². The normalized spacial score (nSPS) is 23.5. The number of aryl methyl sites for hydroxylation is 1. The lowest BCUT2D eigenvalue weighted by Gasteiger charge is -2.36. The number of methoxy groups -OCH3 is 1. The Morgan fingerprint density at radius 2 is 1.81 bits per heavy atom. The van der Waals surface area contributed by atoms with Gasteiger partial charge >= 0.3 is 0 Å². The summed E-state index contributed by atoms with van der Waals surface area (Å²) < 4.78 is 11.3. The fraction of sp³-hybridized carbons (Fsp3) is 0.409. The van der Waals surface area contributed by atoms with Crippen molar-refractivity contribution < 1.29 is 19.2 Å². The van der Waals surface area contributed by atoms with Gasteiger partial charge in [0, 0.05) is 5.56 Å². The predicted octanol–water partition coefficient (Wildman–Crippen LogP) is 2.38. The molecule has 2 aromatic rings. The Labute approximate surface area is 161 Å². The van der Waals surface area contributed by atoms with Crippen molar-refractivity contribution >= 4 is 11.6 Å². The van der Waals surface area contributed by atoms with Crippen LogP contribution in [0, 0.1) is 6.92 Å². The second kappa shape index (κ2) is 8.55. The Kier molecular flexibility index (Phi) is 6.14. The molecule has 27 heavy (non-hydrogen) atoms. The first-order valence-electron chi connectivity index (χ1n) is 9.48. The quantitative estimate of drug-likeness (QED) is 0.851. The molecule has 2 aromatic carbocycles.